The van der Waals surface area contributed by atoms with Gasteiger partial charge in [-0.1, -0.05) is 0 Å². The summed E-state index contributed by atoms with van der Waals surface area (Å²) in [7, 11) is 0. The summed E-state index contributed by atoms with van der Waals surface area (Å²) in [6, 6.07) is -0.134. The van der Waals surface area contributed by atoms with Crippen LogP contribution in [0.4, 0.5) is 4.79 Å². The van der Waals surface area contributed by atoms with Crippen molar-refractivity contribution in [3.8, 4) is 0 Å². The number of rotatable bonds is 0. The Morgan fingerprint density at radius 1 is 1.54 bits per heavy atom. The van der Waals surface area contributed by atoms with Gasteiger partial charge in [0.05, 0.1) is 0 Å². The highest BCUT2D eigenvalue weighted by molar-refractivity contribution is 5.78. The number of hydrogen-bond donors (Lipinski definition) is 2. The Morgan fingerprint density at radius 3 is 2.54 bits per heavy atom. The Morgan fingerprint density at radius 2 is 2.08 bits per heavy atom. The number of amides is 2. The maximum atomic E-state index is 11.5. The van der Waals surface area contributed by atoms with Crippen LogP contribution < -0.4 is 11.1 Å². The van der Waals surface area contributed by atoms with E-state index in [0.717, 1.165) is 5.57 Å². The fourth-order valence-corrected chi connectivity index (χ4v) is 1.16. The van der Waals surface area contributed by atoms with Crippen LogP contribution in [-0.4, -0.2) is 22.6 Å². The maximum Gasteiger partial charge on any atom is 0.323 e. The van der Waals surface area contributed by atoms with Gasteiger partial charge in [-0.15, -0.1) is 0 Å². The minimum absolute atomic E-state index is 0.134. The molecule has 0 aromatic carbocycles. The molecule has 1 aliphatic rings. The van der Waals surface area contributed by atoms with Crippen molar-refractivity contribution in [2.75, 3.05) is 0 Å². The molecule has 1 aliphatic heterocycles. The summed E-state index contributed by atoms with van der Waals surface area (Å²) in [5.41, 5.74) is 6.41. The van der Waals surface area contributed by atoms with Gasteiger partial charge in [-0.2, -0.15) is 0 Å². The molecule has 4 heteroatoms. The van der Waals surface area contributed by atoms with Gasteiger partial charge >= 0.3 is 6.03 Å². The van der Waals surface area contributed by atoms with Crippen LogP contribution in [0, 0.1) is 0 Å². The SMILES string of the molecule is CC1=CN(C(C)(C)C)C(=O)NC1N. The number of carbonyl (C=O) groups excluding carboxylic acids is 1. The molecule has 0 aromatic heterocycles. The van der Waals surface area contributed by atoms with E-state index < -0.39 is 0 Å². The molecule has 1 unspecified atom stereocenters. The van der Waals surface area contributed by atoms with Crippen LogP contribution in [0.3, 0.4) is 0 Å². The molecule has 1 atom stereocenters. The quantitative estimate of drug-likeness (QED) is 0.588. The van der Waals surface area contributed by atoms with Crippen molar-refractivity contribution in [3.63, 3.8) is 0 Å². The second-order valence-corrected chi connectivity index (χ2v) is 4.34. The summed E-state index contributed by atoms with van der Waals surface area (Å²) in [6.45, 7) is 7.84. The summed E-state index contributed by atoms with van der Waals surface area (Å²) < 4.78 is 0. The summed E-state index contributed by atoms with van der Waals surface area (Å²) in [6.07, 6.45) is 1.47. The molecule has 13 heavy (non-hydrogen) atoms. The smallest absolute Gasteiger partial charge is 0.319 e. The van der Waals surface area contributed by atoms with Gasteiger partial charge in [-0.25, -0.2) is 4.79 Å². The number of nitrogens with one attached hydrogen (secondary N) is 1. The molecular weight excluding hydrogens is 166 g/mol. The third kappa shape index (κ3) is 2.01. The monoisotopic (exact) mass is 183 g/mol. The highest BCUT2D eigenvalue weighted by atomic mass is 16.2. The Hall–Kier alpha value is -1.03. The lowest BCUT2D eigenvalue weighted by Crippen LogP contribution is -2.56. The average Bonchev–Trinajstić information content (AvgIpc) is 1.94. The van der Waals surface area contributed by atoms with Gasteiger partial charge in [-0.3, -0.25) is 4.90 Å². The van der Waals surface area contributed by atoms with E-state index in [2.05, 4.69) is 5.32 Å². The minimum Gasteiger partial charge on any atom is -0.319 e. The molecule has 74 valence electrons. The summed E-state index contributed by atoms with van der Waals surface area (Å²) >= 11 is 0. The summed E-state index contributed by atoms with van der Waals surface area (Å²) in [5, 5.41) is 2.68. The molecule has 0 bridgehead atoms. The Labute approximate surface area is 78.8 Å². The van der Waals surface area contributed by atoms with Crippen molar-refractivity contribution < 1.29 is 4.79 Å². The van der Waals surface area contributed by atoms with Crippen molar-refractivity contribution in [1.29, 1.82) is 0 Å². The molecule has 0 spiro atoms. The van der Waals surface area contributed by atoms with Gasteiger partial charge in [0, 0.05) is 11.7 Å². The van der Waals surface area contributed by atoms with Crippen LogP contribution >= 0.6 is 0 Å². The molecule has 0 saturated carbocycles. The van der Waals surface area contributed by atoms with Crippen molar-refractivity contribution in [2.24, 2.45) is 5.73 Å². The fourth-order valence-electron chi connectivity index (χ4n) is 1.16. The first-order valence-corrected chi connectivity index (χ1v) is 4.36. The predicted molar refractivity (Wildman–Crippen MR) is 51.9 cm³/mol. The maximum absolute atomic E-state index is 11.5. The van der Waals surface area contributed by atoms with Crippen molar-refractivity contribution in [1.82, 2.24) is 10.2 Å². The molecule has 0 fully saturated rings. The van der Waals surface area contributed by atoms with E-state index >= 15 is 0 Å². The molecule has 0 aliphatic carbocycles. The van der Waals surface area contributed by atoms with Crippen molar-refractivity contribution >= 4 is 6.03 Å². The van der Waals surface area contributed by atoms with Gasteiger partial charge in [0.2, 0.25) is 0 Å². The molecule has 0 aromatic rings. The zero-order valence-electron chi connectivity index (χ0n) is 8.59. The number of carbonyl (C=O) groups is 1. The van der Waals surface area contributed by atoms with Crippen LogP contribution in [0.15, 0.2) is 11.8 Å². The third-order valence-corrected chi connectivity index (χ3v) is 2.04. The first kappa shape index (κ1) is 10.1. The van der Waals surface area contributed by atoms with E-state index in [1.807, 2.05) is 33.9 Å². The molecule has 0 saturated heterocycles. The van der Waals surface area contributed by atoms with E-state index in [1.165, 1.54) is 0 Å². The van der Waals surface area contributed by atoms with Gasteiger partial charge in [0.25, 0.3) is 0 Å². The Bertz CT molecular complexity index is 252. The number of nitrogens with zero attached hydrogens (tertiary/aromatic N) is 1. The highest BCUT2D eigenvalue weighted by Crippen LogP contribution is 2.18. The lowest BCUT2D eigenvalue weighted by atomic mass is 10.1. The van der Waals surface area contributed by atoms with E-state index in [9.17, 15) is 4.79 Å². The molecule has 3 N–H and O–H groups in total. The Kier molecular flexibility index (Phi) is 2.34. The minimum atomic E-state index is -0.342. The normalized spacial score (nSPS) is 24.1. The largest absolute Gasteiger partial charge is 0.323 e. The molecule has 0 radical (unpaired) electrons. The van der Waals surface area contributed by atoms with Crippen LogP contribution in [0.5, 0.6) is 0 Å². The van der Waals surface area contributed by atoms with Gasteiger partial charge in [0.1, 0.15) is 6.17 Å². The molecule has 2 amide bonds. The number of urea groups is 1. The summed E-state index contributed by atoms with van der Waals surface area (Å²) in [5.74, 6) is 0. The van der Waals surface area contributed by atoms with Crippen LogP contribution in [0.25, 0.3) is 0 Å². The fraction of sp³-hybridized carbons (Fsp3) is 0.667. The van der Waals surface area contributed by atoms with Crippen LogP contribution in [-0.2, 0) is 0 Å². The molecule has 4 nitrogen and oxygen atoms in total. The van der Waals surface area contributed by atoms with Gasteiger partial charge in [-0.05, 0) is 33.3 Å². The highest BCUT2D eigenvalue weighted by Gasteiger charge is 2.29. The first-order valence-electron chi connectivity index (χ1n) is 4.36. The zero-order valence-corrected chi connectivity index (χ0v) is 8.59. The molecule has 1 rings (SSSR count). The number of nitrogens with two attached hydrogens (primary N) is 1. The second-order valence-electron chi connectivity index (χ2n) is 4.34. The number of hydrogen-bond acceptors (Lipinski definition) is 2. The van der Waals surface area contributed by atoms with E-state index in [1.54, 1.807) is 4.90 Å². The topological polar surface area (TPSA) is 58.4 Å². The molecule has 1 heterocycles. The standard InChI is InChI=1S/C9H17N3O/c1-6-5-12(9(2,3)4)8(13)11-7(6)10/h5,7H,10H2,1-4H3,(H,11,13). The lowest BCUT2D eigenvalue weighted by molar-refractivity contribution is 0.170. The third-order valence-electron chi connectivity index (χ3n) is 2.04. The van der Waals surface area contributed by atoms with Crippen LogP contribution in [0.2, 0.25) is 0 Å². The van der Waals surface area contributed by atoms with Crippen molar-refractivity contribution in [3.05, 3.63) is 11.8 Å². The van der Waals surface area contributed by atoms with Gasteiger partial charge in [0.15, 0.2) is 0 Å². The average molecular weight is 183 g/mol. The second kappa shape index (κ2) is 3.03. The van der Waals surface area contributed by atoms with Crippen molar-refractivity contribution in [2.45, 2.75) is 39.4 Å². The first-order chi connectivity index (χ1) is 5.82. The zero-order chi connectivity index (χ0) is 10.2. The lowest BCUT2D eigenvalue weighted by Gasteiger charge is -2.37. The van der Waals surface area contributed by atoms with E-state index in [0.29, 0.717) is 0 Å². The van der Waals surface area contributed by atoms with E-state index in [-0.39, 0.29) is 17.7 Å². The Balaban J connectivity index is 2.94. The predicted octanol–water partition coefficient (Wildman–Crippen LogP) is 0.999. The van der Waals surface area contributed by atoms with E-state index in [4.69, 9.17) is 5.73 Å². The summed E-state index contributed by atoms with van der Waals surface area (Å²) in [4.78, 5) is 13.1. The van der Waals surface area contributed by atoms with Gasteiger partial charge < -0.3 is 11.1 Å². The van der Waals surface area contributed by atoms with Crippen LogP contribution in [0.1, 0.15) is 27.7 Å². The molecular formula is C9H17N3O.